The van der Waals surface area contributed by atoms with Gasteiger partial charge in [0.05, 0.1) is 6.10 Å². The first kappa shape index (κ1) is 17.9. The van der Waals surface area contributed by atoms with Crippen molar-refractivity contribution in [3.05, 3.63) is 0 Å². The molecule has 4 aliphatic rings. The number of aliphatic hydroxyl groups is 2. The van der Waals surface area contributed by atoms with Crippen molar-refractivity contribution < 1.29 is 10.2 Å². The summed E-state index contributed by atoms with van der Waals surface area (Å²) in [6.07, 6.45) is 15.8. The van der Waals surface area contributed by atoms with Gasteiger partial charge in [0.25, 0.3) is 0 Å². The maximum Gasteiger partial charge on any atom is 0.125 e. The van der Waals surface area contributed by atoms with Crippen LogP contribution in [0.5, 0.6) is 0 Å². The van der Waals surface area contributed by atoms with Crippen LogP contribution in [-0.2, 0) is 0 Å². The highest BCUT2D eigenvalue weighted by atomic mass is 16.3. The molecule has 0 heterocycles. The van der Waals surface area contributed by atoms with E-state index >= 15 is 0 Å². The van der Waals surface area contributed by atoms with Gasteiger partial charge in [-0.05, 0) is 105 Å². The van der Waals surface area contributed by atoms with E-state index < -0.39 is 5.60 Å². The van der Waals surface area contributed by atoms with Gasteiger partial charge in [0.15, 0.2) is 0 Å². The van der Waals surface area contributed by atoms with Crippen molar-refractivity contribution in [1.29, 1.82) is 0 Å². The normalized spacial score (nSPS) is 56.2. The average Bonchev–Trinajstić information content (AvgIpc) is 2.93. The van der Waals surface area contributed by atoms with Crippen molar-refractivity contribution in [2.45, 2.75) is 90.3 Å². The lowest BCUT2D eigenvalue weighted by Crippen LogP contribution is -2.56. The molecular formula is C23H36O2. The summed E-state index contributed by atoms with van der Waals surface area (Å²) in [7, 11) is 0. The molecular weight excluding hydrogens is 308 g/mol. The molecule has 140 valence electrons. The molecule has 4 fully saturated rings. The topological polar surface area (TPSA) is 40.5 Å². The van der Waals surface area contributed by atoms with Crippen LogP contribution < -0.4 is 0 Å². The first-order valence-corrected chi connectivity index (χ1v) is 10.6. The summed E-state index contributed by atoms with van der Waals surface area (Å²) >= 11 is 0. The van der Waals surface area contributed by atoms with Gasteiger partial charge in [-0.15, -0.1) is 6.42 Å². The van der Waals surface area contributed by atoms with Crippen LogP contribution in [0.3, 0.4) is 0 Å². The number of aliphatic hydroxyl groups excluding tert-OH is 1. The minimum atomic E-state index is -0.856. The molecule has 0 spiro atoms. The molecule has 4 saturated carbocycles. The summed E-state index contributed by atoms with van der Waals surface area (Å²) < 4.78 is 0. The Morgan fingerprint density at radius 1 is 0.960 bits per heavy atom. The third-order valence-electron chi connectivity index (χ3n) is 9.65. The van der Waals surface area contributed by atoms with Crippen LogP contribution in [0.15, 0.2) is 0 Å². The number of terminal acetylenes is 1. The second-order valence-corrected chi connectivity index (χ2v) is 10.5. The Morgan fingerprint density at radius 3 is 2.36 bits per heavy atom. The van der Waals surface area contributed by atoms with Crippen molar-refractivity contribution in [2.24, 2.45) is 40.4 Å². The van der Waals surface area contributed by atoms with Crippen molar-refractivity contribution in [3.63, 3.8) is 0 Å². The molecule has 6 unspecified atom stereocenters. The van der Waals surface area contributed by atoms with Crippen LogP contribution in [0.2, 0.25) is 0 Å². The fourth-order valence-electron chi connectivity index (χ4n) is 8.21. The minimum absolute atomic E-state index is 0.168. The molecule has 2 N–H and O–H groups in total. The minimum Gasteiger partial charge on any atom is -0.393 e. The van der Waals surface area contributed by atoms with Crippen LogP contribution in [-0.4, -0.2) is 21.9 Å². The summed E-state index contributed by atoms with van der Waals surface area (Å²) in [5.41, 5.74) is -0.159. The number of hydrogen-bond acceptors (Lipinski definition) is 2. The van der Waals surface area contributed by atoms with Gasteiger partial charge in [-0.2, -0.15) is 0 Å². The Morgan fingerprint density at radius 2 is 1.68 bits per heavy atom. The number of hydrogen-bond donors (Lipinski definition) is 2. The van der Waals surface area contributed by atoms with Gasteiger partial charge in [-0.3, -0.25) is 0 Å². The lowest BCUT2D eigenvalue weighted by molar-refractivity contribution is -0.142. The molecule has 2 heteroatoms. The molecule has 0 aliphatic heterocycles. The first-order valence-electron chi connectivity index (χ1n) is 10.6. The van der Waals surface area contributed by atoms with E-state index in [1.54, 1.807) is 0 Å². The predicted octanol–water partition coefficient (Wildman–Crippen LogP) is 4.39. The van der Waals surface area contributed by atoms with E-state index in [9.17, 15) is 10.2 Å². The van der Waals surface area contributed by atoms with Gasteiger partial charge in [-0.1, -0.05) is 19.8 Å². The first-order chi connectivity index (χ1) is 11.7. The molecule has 0 saturated heterocycles. The predicted molar refractivity (Wildman–Crippen MR) is 101 cm³/mol. The lowest BCUT2D eigenvalue weighted by atomic mass is 9.44. The molecule has 2 nitrogen and oxygen atoms in total. The fraction of sp³-hybridized carbons (Fsp3) is 0.913. The van der Waals surface area contributed by atoms with Crippen molar-refractivity contribution >= 4 is 0 Å². The Hall–Kier alpha value is -0.520. The molecule has 0 bridgehead atoms. The molecule has 0 aromatic carbocycles. The SMILES string of the molecule is C#C[C@]1(O)CCC2(C)C3CCC4(C)C(CCC4[C@@H](C)O)C3CC[C@H]2C1. The summed E-state index contributed by atoms with van der Waals surface area (Å²) in [4.78, 5) is 0. The van der Waals surface area contributed by atoms with E-state index in [0.29, 0.717) is 22.7 Å². The molecule has 0 amide bonds. The summed E-state index contributed by atoms with van der Waals surface area (Å²) in [5.74, 6) is 6.16. The summed E-state index contributed by atoms with van der Waals surface area (Å²) in [6, 6.07) is 0. The van der Waals surface area contributed by atoms with Crippen LogP contribution in [0, 0.1) is 52.8 Å². The molecule has 0 radical (unpaired) electrons. The quantitative estimate of drug-likeness (QED) is 0.693. The molecule has 9 atom stereocenters. The molecule has 0 aromatic heterocycles. The molecule has 0 aromatic rings. The second-order valence-electron chi connectivity index (χ2n) is 10.5. The van der Waals surface area contributed by atoms with Gasteiger partial charge in [0, 0.05) is 0 Å². The molecule has 4 rings (SSSR count). The van der Waals surface area contributed by atoms with Crippen molar-refractivity contribution in [2.75, 3.05) is 0 Å². The lowest BCUT2D eigenvalue weighted by Gasteiger charge is -2.61. The Bertz CT molecular complexity index is 577. The van der Waals surface area contributed by atoms with E-state index in [4.69, 9.17) is 6.42 Å². The third kappa shape index (κ3) is 2.45. The van der Waals surface area contributed by atoms with Crippen LogP contribution in [0.4, 0.5) is 0 Å². The zero-order valence-corrected chi connectivity index (χ0v) is 16.3. The molecule has 25 heavy (non-hydrogen) atoms. The highest BCUT2D eigenvalue weighted by molar-refractivity contribution is 5.16. The zero-order chi connectivity index (χ0) is 18.0. The van der Waals surface area contributed by atoms with Gasteiger partial charge in [0.2, 0.25) is 0 Å². The Kier molecular flexibility index (Phi) is 4.10. The monoisotopic (exact) mass is 344 g/mol. The highest BCUT2D eigenvalue weighted by Gasteiger charge is 2.61. The van der Waals surface area contributed by atoms with E-state index in [2.05, 4.69) is 19.8 Å². The zero-order valence-electron chi connectivity index (χ0n) is 16.3. The maximum absolute atomic E-state index is 10.7. The maximum atomic E-state index is 10.7. The van der Waals surface area contributed by atoms with Crippen LogP contribution in [0.1, 0.15) is 78.6 Å². The Balaban J connectivity index is 1.59. The largest absolute Gasteiger partial charge is 0.393 e. The van der Waals surface area contributed by atoms with E-state index in [1.165, 1.54) is 38.5 Å². The average molecular weight is 345 g/mol. The summed E-state index contributed by atoms with van der Waals surface area (Å²) in [6.45, 7) is 6.99. The highest BCUT2D eigenvalue weighted by Crippen LogP contribution is 2.68. The smallest absolute Gasteiger partial charge is 0.125 e. The molecule has 4 aliphatic carbocycles. The van der Waals surface area contributed by atoms with Crippen molar-refractivity contribution in [3.8, 4) is 12.3 Å². The standard InChI is InChI=1S/C23H36O2/c1-5-23(25)13-12-21(3)16(14-23)6-7-17-19-9-8-18(15(2)24)22(19,4)11-10-20(17)21/h1,15-20,24-25H,6-14H2,2-4H3/t15-,16+,17?,18?,19?,20?,21?,22?,23+/m1/s1. The van der Waals surface area contributed by atoms with E-state index in [-0.39, 0.29) is 6.10 Å². The van der Waals surface area contributed by atoms with Gasteiger partial charge < -0.3 is 10.2 Å². The van der Waals surface area contributed by atoms with Crippen LogP contribution >= 0.6 is 0 Å². The van der Waals surface area contributed by atoms with Gasteiger partial charge in [-0.25, -0.2) is 0 Å². The number of rotatable bonds is 1. The van der Waals surface area contributed by atoms with E-state index in [0.717, 1.165) is 37.0 Å². The Labute approximate surface area is 153 Å². The third-order valence-corrected chi connectivity index (χ3v) is 9.65. The van der Waals surface area contributed by atoms with Crippen LogP contribution in [0.25, 0.3) is 0 Å². The second kappa shape index (κ2) is 5.74. The fourth-order valence-corrected chi connectivity index (χ4v) is 8.21. The summed E-state index contributed by atoms with van der Waals surface area (Å²) in [5, 5.41) is 21.0. The van der Waals surface area contributed by atoms with Gasteiger partial charge in [0.1, 0.15) is 5.60 Å². The van der Waals surface area contributed by atoms with E-state index in [1.807, 2.05) is 6.92 Å². The number of fused-ring (bicyclic) bond motifs is 5. The van der Waals surface area contributed by atoms with Gasteiger partial charge >= 0.3 is 0 Å². The van der Waals surface area contributed by atoms with Crippen molar-refractivity contribution in [1.82, 2.24) is 0 Å².